The van der Waals surface area contributed by atoms with Crippen LogP contribution in [0.3, 0.4) is 0 Å². The maximum atomic E-state index is 12.6. The second-order valence-electron chi connectivity index (χ2n) is 17.7. The summed E-state index contributed by atoms with van der Waals surface area (Å²) in [5, 5.41) is 11.9. The smallest absolute Gasteiger partial charge is 0.303 e. The lowest BCUT2D eigenvalue weighted by molar-refractivity contribution is -0.443. The van der Waals surface area contributed by atoms with Crippen molar-refractivity contribution in [2.75, 3.05) is 23.7 Å². The molecule has 5 aliphatic heterocycles. The first-order chi connectivity index (χ1) is 29.2. The van der Waals surface area contributed by atoms with Crippen molar-refractivity contribution in [1.82, 2.24) is 0 Å². The minimum absolute atomic E-state index is 0.0661. The van der Waals surface area contributed by atoms with Crippen LogP contribution in [0.15, 0.2) is 93.4 Å². The number of carbonyl (C=O) groups is 1. The third-order valence-electron chi connectivity index (χ3n) is 13.8. The van der Waals surface area contributed by atoms with Crippen molar-refractivity contribution in [2.45, 2.75) is 111 Å². The zero-order valence-electron chi connectivity index (χ0n) is 34.4. The van der Waals surface area contributed by atoms with E-state index in [2.05, 4.69) is 29.4 Å². The highest BCUT2D eigenvalue weighted by Gasteiger charge is 2.57. The molecular formula is C45H49N2O12S3+. The lowest BCUT2D eigenvalue weighted by Crippen LogP contribution is -2.48. The maximum Gasteiger partial charge on any atom is 0.303 e. The van der Waals surface area contributed by atoms with Gasteiger partial charge in [0, 0.05) is 58.3 Å². The number of unbranched alkanes of at least 4 members (excludes halogenated alkanes) is 3. The third-order valence-corrected chi connectivity index (χ3v) is 16.4. The number of carboxylic acid groups (broad SMARTS) is 1. The Kier molecular flexibility index (Phi) is 10.4. The summed E-state index contributed by atoms with van der Waals surface area (Å²) in [7, 11) is -13.2. The van der Waals surface area contributed by atoms with E-state index in [0.717, 1.165) is 56.9 Å². The van der Waals surface area contributed by atoms with Crippen LogP contribution in [-0.2, 0) is 50.7 Å². The Morgan fingerprint density at radius 2 is 1.55 bits per heavy atom. The van der Waals surface area contributed by atoms with Crippen molar-refractivity contribution in [2.24, 2.45) is 0 Å². The van der Waals surface area contributed by atoms with E-state index in [9.17, 15) is 48.8 Å². The van der Waals surface area contributed by atoms with Crippen molar-refractivity contribution >= 4 is 75.0 Å². The molecule has 0 radical (unpaired) electrons. The molecule has 0 bridgehead atoms. The fourth-order valence-electron chi connectivity index (χ4n) is 11.3. The van der Waals surface area contributed by atoms with E-state index in [1.54, 1.807) is 18.2 Å². The summed E-state index contributed by atoms with van der Waals surface area (Å²) in [5.74, 6) is -1.23. The third kappa shape index (κ3) is 7.09. The number of benzene rings is 4. The van der Waals surface area contributed by atoms with Gasteiger partial charge in [0.2, 0.25) is 5.69 Å². The monoisotopic (exact) mass is 905 g/mol. The number of ether oxygens (including phenoxy) is 1. The van der Waals surface area contributed by atoms with E-state index in [1.165, 1.54) is 18.2 Å². The number of nitrogens with zero attached hydrogens (tertiary/aromatic N) is 2. The number of anilines is 1. The minimum atomic E-state index is -4.56. The lowest BCUT2D eigenvalue weighted by Gasteiger charge is -2.43. The van der Waals surface area contributed by atoms with Crippen LogP contribution in [0.1, 0.15) is 89.2 Å². The van der Waals surface area contributed by atoms with Gasteiger partial charge in [0.1, 0.15) is 4.90 Å². The predicted octanol–water partition coefficient (Wildman–Crippen LogP) is 7.47. The second kappa shape index (κ2) is 15.1. The van der Waals surface area contributed by atoms with Crippen LogP contribution in [0.4, 0.5) is 11.4 Å². The molecule has 0 aromatic heterocycles. The average molecular weight is 906 g/mol. The SMILES string of the molecule is CC1(CCCCS(=O)(=O)O)C2=[N+](CCC3OC4CCN5C(=C4C=C23)C(C)(CCCCCC(=O)O)c2c5ccc3cc(S(=O)(=O)O)ccc23)c2c1ccc1c(S(=O)(=O)O)cccc21. The van der Waals surface area contributed by atoms with Crippen LogP contribution < -0.4 is 4.90 Å². The molecule has 0 saturated carbocycles. The fourth-order valence-corrected chi connectivity index (χ4v) is 13.1. The molecule has 4 aromatic carbocycles. The fraction of sp³-hybridized carbons (Fsp3) is 0.422. The molecule has 5 heterocycles. The molecule has 0 spiro atoms. The minimum Gasteiger partial charge on any atom is -0.481 e. The van der Waals surface area contributed by atoms with Gasteiger partial charge < -0.3 is 14.7 Å². The number of aliphatic carboxylic acids is 1. The summed E-state index contributed by atoms with van der Waals surface area (Å²) in [6.45, 7) is 5.53. The number of rotatable bonds is 13. The molecule has 62 heavy (non-hydrogen) atoms. The number of allylic oxidation sites excluding steroid dienone is 1. The number of hydrogen-bond acceptors (Lipinski definition) is 9. The molecule has 0 fully saturated rings. The highest BCUT2D eigenvalue weighted by atomic mass is 32.2. The molecule has 0 aliphatic carbocycles. The molecule has 17 heteroatoms. The molecule has 4 aromatic rings. The van der Waals surface area contributed by atoms with E-state index in [1.807, 2.05) is 24.3 Å². The van der Waals surface area contributed by atoms with Gasteiger partial charge in [0.15, 0.2) is 12.3 Å². The van der Waals surface area contributed by atoms with Crippen LogP contribution in [0, 0.1) is 0 Å². The van der Waals surface area contributed by atoms with Gasteiger partial charge in [-0.1, -0.05) is 49.6 Å². The van der Waals surface area contributed by atoms with E-state index >= 15 is 0 Å². The van der Waals surface area contributed by atoms with Gasteiger partial charge in [0.25, 0.3) is 30.4 Å². The molecule has 4 atom stereocenters. The van der Waals surface area contributed by atoms with Gasteiger partial charge in [0.05, 0.1) is 33.7 Å². The molecule has 9 rings (SSSR count). The summed E-state index contributed by atoms with van der Waals surface area (Å²) in [5.41, 5.74) is 6.43. The van der Waals surface area contributed by atoms with Gasteiger partial charge in [-0.25, -0.2) is 0 Å². The van der Waals surface area contributed by atoms with E-state index in [-0.39, 0.29) is 40.6 Å². The number of fused-ring (bicyclic) bond motifs is 12. The Balaban J connectivity index is 1.24. The summed E-state index contributed by atoms with van der Waals surface area (Å²) in [6.07, 6.45) is 6.93. The normalized spacial score (nSPS) is 24.4. The average Bonchev–Trinajstić information content (AvgIpc) is 3.62. The van der Waals surface area contributed by atoms with Crippen molar-refractivity contribution < 1.29 is 58.1 Å². The highest BCUT2D eigenvalue weighted by Crippen LogP contribution is 2.58. The first-order valence-electron chi connectivity index (χ1n) is 21.0. The first-order valence-corrected chi connectivity index (χ1v) is 25.5. The van der Waals surface area contributed by atoms with Crippen LogP contribution in [0.25, 0.3) is 21.5 Å². The molecule has 14 nitrogen and oxygen atoms in total. The molecule has 4 N–H and O–H groups in total. The molecule has 328 valence electrons. The largest absolute Gasteiger partial charge is 0.481 e. The van der Waals surface area contributed by atoms with Gasteiger partial charge in [-0.2, -0.15) is 29.8 Å². The van der Waals surface area contributed by atoms with E-state index < -0.39 is 47.2 Å². The van der Waals surface area contributed by atoms with Crippen LogP contribution in [-0.4, -0.2) is 91.3 Å². The molecule has 5 aliphatic rings. The Morgan fingerprint density at radius 3 is 2.27 bits per heavy atom. The highest BCUT2D eigenvalue weighted by molar-refractivity contribution is 7.86. The van der Waals surface area contributed by atoms with Crippen molar-refractivity contribution in [3.8, 4) is 0 Å². The van der Waals surface area contributed by atoms with Crippen molar-refractivity contribution in [3.05, 3.63) is 94.7 Å². The first kappa shape index (κ1) is 42.8. The summed E-state index contributed by atoms with van der Waals surface area (Å²) < 4.78 is 112. The van der Waals surface area contributed by atoms with Crippen LogP contribution in [0.2, 0.25) is 0 Å². The van der Waals surface area contributed by atoms with Gasteiger partial charge in [-0.05, 0) is 98.7 Å². The standard InChI is InChI=1S/C45H48N2O12S3/c1-44(20-6-7-24-60(50,51)52)34-16-15-30-31(9-8-10-38(30)62(56,57)58)41(34)47-23-19-37-32(42(44)47)26-33-36(59-37)18-22-46-35-17-12-27-25-28(61(53,54)55)13-14-29(27)40(35)45(2,43(33)46)21-5-3-4-11-39(48)49/h8-10,12-17,25-26,36-37H,3-7,11,18-24H2,1-2H3,(H3-,48,49,50,51,52,53,54,55,56,57,58)/p+1. The topological polar surface area (TPSA) is 216 Å². The van der Waals surface area contributed by atoms with Crippen molar-refractivity contribution in [3.63, 3.8) is 0 Å². The lowest BCUT2D eigenvalue weighted by atomic mass is 9.69. The number of hydrogen-bond donors (Lipinski definition) is 4. The van der Waals surface area contributed by atoms with Crippen LogP contribution >= 0.6 is 0 Å². The van der Waals surface area contributed by atoms with Crippen LogP contribution in [0.5, 0.6) is 0 Å². The van der Waals surface area contributed by atoms with Gasteiger partial charge in [-0.15, -0.1) is 0 Å². The van der Waals surface area contributed by atoms with E-state index in [4.69, 9.17) is 4.74 Å². The molecule has 0 saturated heterocycles. The molecule has 4 unspecified atom stereocenters. The predicted molar refractivity (Wildman–Crippen MR) is 233 cm³/mol. The zero-order valence-corrected chi connectivity index (χ0v) is 36.8. The maximum absolute atomic E-state index is 12.6. The van der Waals surface area contributed by atoms with Gasteiger partial charge in [-0.3, -0.25) is 18.5 Å². The van der Waals surface area contributed by atoms with E-state index in [0.29, 0.717) is 74.2 Å². The number of carboxylic acids is 1. The Labute approximate surface area is 360 Å². The quantitative estimate of drug-likeness (QED) is 0.0583. The Hall–Kier alpha value is -4.49. The Morgan fingerprint density at radius 1 is 0.806 bits per heavy atom. The zero-order chi connectivity index (χ0) is 44.1. The molecular weight excluding hydrogens is 857 g/mol. The second-order valence-corrected chi connectivity index (χ2v) is 22.1. The molecule has 0 amide bonds. The summed E-state index contributed by atoms with van der Waals surface area (Å²) >= 11 is 0. The van der Waals surface area contributed by atoms with Crippen molar-refractivity contribution in [1.29, 1.82) is 0 Å². The summed E-state index contributed by atoms with van der Waals surface area (Å²) in [6, 6.07) is 17.0. The summed E-state index contributed by atoms with van der Waals surface area (Å²) in [4.78, 5) is 13.4. The van der Waals surface area contributed by atoms with Gasteiger partial charge >= 0.3 is 5.97 Å². The Bertz CT molecular complexity index is 3050.